The number of carbonyl (C=O) groups excluding carboxylic acids is 1. The highest BCUT2D eigenvalue weighted by Gasteiger charge is 2.14. The monoisotopic (exact) mass is 378 g/mol. The number of hydrogen-bond acceptors (Lipinski definition) is 3. The molecule has 28 heavy (non-hydrogen) atoms. The van der Waals surface area contributed by atoms with E-state index >= 15 is 0 Å². The summed E-state index contributed by atoms with van der Waals surface area (Å²) in [5.41, 5.74) is 3.16. The Morgan fingerprint density at radius 2 is 1.96 bits per heavy atom. The Balaban J connectivity index is 1.63. The van der Waals surface area contributed by atoms with Gasteiger partial charge in [0.2, 0.25) is 0 Å². The number of hydrogen-bond donors (Lipinski definition) is 2. The SMILES string of the molecule is CCn1c(-c2cc(NC(=O)c3ccc(F)cc3)n[nH]2)cc2ccc(OC)cc21. The van der Waals surface area contributed by atoms with Gasteiger partial charge in [-0.3, -0.25) is 9.89 Å². The third kappa shape index (κ3) is 3.22. The van der Waals surface area contributed by atoms with Gasteiger partial charge in [0.05, 0.1) is 24.0 Å². The maximum atomic E-state index is 13.0. The molecule has 0 atom stereocenters. The number of nitrogens with zero attached hydrogens (tertiary/aromatic N) is 2. The molecule has 0 unspecified atom stereocenters. The van der Waals surface area contributed by atoms with Crippen molar-refractivity contribution in [3.8, 4) is 17.1 Å². The number of ether oxygens (including phenoxy) is 1. The Bertz CT molecular complexity index is 1150. The Kier molecular flexibility index (Phi) is 4.57. The summed E-state index contributed by atoms with van der Waals surface area (Å²) >= 11 is 0. The minimum atomic E-state index is -0.386. The van der Waals surface area contributed by atoms with Gasteiger partial charge in [-0.15, -0.1) is 0 Å². The first-order valence-electron chi connectivity index (χ1n) is 8.89. The Morgan fingerprint density at radius 3 is 2.68 bits per heavy atom. The van der Waals surface area contributed by atoms with Gasteiger partial charge in [0, 0.05) is 29.6 Å². The summed E-state index contributed by atoms with van der Waals surface area (Å²) in [5, 5.41) is 11.0. The quantitative estimate of drug-likeness (QED) is 0.539. The molecule has 6 nitrogen and oxygen atoms in total. The summed E-state index contributed by atoms with van der Waals surface area (Å²) in [7, 11) is 1.65. The van der Waals surface area contributed by atoms with Crippen molar-refractivity contribution in [2.45, 2.75) is 13.5 Å². The minimum Gasteiger partial charge on any atom is -0.497 e. The van der Waals surface area contributed by atoms with Crippen LogP contribution in [0.3, 0.4) is 0 Å². The summed E-state index contributed by atoms with van der Waals surface area (Å²) in [6, 6.07) is 15.1. The van der Waals surface area contributed by atoms with Crippen LogP contribution in [0.1, 0.15) is 17.3 Å². The van der Waals surface area contributed by atoms with Crippen LogP contribution in [-0.2, 0) is 6.54 Å². The fourth-order valence-electron chi connectivity index (χ4n) is 3.23. The van der Waals surface area contributed by atoms with Gasteiger partial charge < -0.3 is 14.6 Å². The van der Waals surface area contributed by atoms with Crippen molar-refractivity contribution in [2.24, 2.45) is 0 Å². The second-order valence-corrected chi connectivity index (χ2v) is 6.33. The molecule has 0 bridgehead atoms. The van der Waals surface area contributed by atoms with E-state index in [0.717, 1.165) is 34.6 Å². The number of aryl methyl sites for hydroxylation is 1. The third-order valence-corrected chi connectivity index (χ3v) is 4.63. The molecule has 1 amide bonds. The molecule has 4 rings (SSSR count). The zero-order valence-electron chi connectivity index (χ0n) is 15.5. The summed E-state index contributed by atoms with van der Waals surface area (Å²) in [6.07, 6.45) is 0. The summed E-state index contributed by atoms with van der Waals surface area (Å²) < 4.78 is 20.5. The molecular formula is C21H19FN4O2. The number of fused-ring (bicyclic) bond motifs is 1. The van der Waals surface area contributed by atoms with Crippen molar-refractivity contribution in [1.29, 1.82) is 0 Å². The third-order valence-electron chi connectivity index (χ3n) is 4.63. The predicted molar refractivity (Wildman–Crippen MR) is 106 cm³/mol. The van der Waals surface area contributed by atoms with Gasteiger partial charge in [-0.05, 0) is 49.4 Å². The largest absolute Gasteiger partial charge is 0.497 e. The number of H-pyrrole nitrogens is 1. The van der Waals surface area contributed by atoms with Crippen LogP contribution in [0.2, 0.25) is 0 Å². The van der Waals surface area contributed by atoms with E-state index in [1.165, 1.54) is 24.3 Å². The van der Waals surface area contributed by atoms with Gasteiger partial charge in [0.25, 0.3) is 5.91 Å². The average Bonchev–Trinajstić information content (AvgIpc) is 3.31. The molecule has 0 aliphatic carbocycles. The van der Waals surface area contributed by atoms with Crippen molar-refractivity contribution in [2.75, 3.05) is 12.4 Å². The summed E-state index contributed by atoms with van der Waals surface area (Å²) in [4.78, 5) is 12.3. The molecule has 0 spiro atoms. The number of rotatable bonds is 5. The lowest BCUT2D eigenvalue weighted by atomic mass is 10.2. The first-order valence-corrected chi connectivity index (χ1v) is 8.89. The van der Waals surface area contributed by atoms with E-state index < -0.39 is 0 Å². The van der Waals surface area contributed by atoms with Crippen molar-refractivity contribution < 1.29 is 13.9 Å². The zero-order chi connectivity index (χ0) is 19.7. The van der Waals surface area contributed by atoms with E-state index in [2.05, 4.69) is 33.1 Å². The lowest BCUT2D eigenvalue weighted by Crippen LogP contribution is -2.12. The maximum Gasteiger partial charge on any atom is 0.256 e. The topological polar surface area (TPSA) is 71.9 Å². The van der Waals surface area contributed by atoms with Gasteiger partial charge in [0.15, 0.2) is 5.82 Å². The fourth-order valence-corrected chi connectivity index (χ4v) is 3.23. The molecule has 2 aromatic heterocycles. The number of halogens is 1. The molecule has 0 saturated carbocycles. The average molecular weight is 378 g/mol. The minimum absolute atomic E-state index is 0.348. The molecule has 2 aromatic carbocycles. The molecule has 0 aliphatic rings. The molecule has 2 N–H and O–H groups in total. The second-order valence-electron chi connectivity index (χ2n) is 6.33. The second kappa shape index (κ2) is 7.19. The van der Waals surface area contributed by atoms with Crippen molar-refractivity contribution in [1.82, 2.24) is 14.8 Å². The summed E-state index contributed by atoms with van der Waals surface area (Å²) in [5.74, 6) is 0.458. The van der Waals surface area contributed by atoms with E-state index in [1.807, 2.05) is 18.2 Å². The van der Waals surface area contributed by atoms with E-state index in [1.54, 1.807) is 13.2 Å². The number of aromatic nitrogens is 3. The molecule has 0 fully saturated rings. The Morgan fingerprint density at radius 1 is 1.18 bits per heavy atom. The van der Waals surface area contributed by atoms with Gasteiger partial charge >= 0.3 is 0 Å². The first-order chi connectivity index (χ1) is 13.6. The van der Waals surface area contributed by atoms with Gasteiger partial charge in [-0.2, -0.15) is 5.10 Å². The maximum absolute atomic E-state index is 13.0. The fraction of sp³-hybridized carbons (Fsp3) is 0.143. The van der Waals surface area contributed by atoms with Crippen molar-refractivity contribution in [3.63, 3.8) is 0 Å². The van der Waals surface area contributed by atoms with Crippen molar-refractivity contribution in [3.05, 3.63) is 66.0 Å². The van der Waals surface area contributed by atoms with E-state index in [9.17, 15) is 9.18 Å². The normalized spacial score (nSPS) is 11.0. The highest BCUT2D eigenvalue weighted by molar-refractivity contribution is 6.04. The van der Waals surface area contributed by atoms with E-state index in [4.69, 9.17) is 4.74 Å². The molecule has 0 saturated heterocycles. The van der Waals surface area contributed by atoms with Gasteiger partial charge in [0.1, 0.15) is 11.6 Å². The Hall–Kier alpha value is -3.61. The molecule has 0 radical (unpaired) electrons. The van der Waals surface area contributed by atoms with Crippen LogP contribution in [-0.4, -0.2) is 27.8 Å². The number of benzene rings is 2. The van der Waals surface area contributed by atoms with Crippen LogP contribution in [0.5, 0.6) is 5.75 Å². The first kappa shape index (κ1) is 17.8. The number of anilines is 1. The number of nitrogens with one attached hydrogen (secondary N) is 2. The number of methoxy groups -OCH3 is 1. The van der Waals surface area contributed by atoms with Crippen LogP contribution in [0.25, 0.3) is 22.3 Å². The van der Waals surface area contributed by atoms with Crippen LogP contribution in [0.4, 0.5) is 10.2 Å². The number of aromatic amines is 1. The number of carbonyl (C=O) groups is 1. The molecule has 142 valence electrons. The molecule has 0 aliphatic heterocycles. The lowest BCUT2D eigenvalue weighted by molar-refractivity contribution is 0.102. The molecule has 7 heteroatoms. The zero-order valence-corrected chi connectivity index (χ0v) is 15.5. The molecule has 4 aromatic rings. The summed E-state index contributed by atoms with van der Waals surface area (Å²) in [6.45, 7) is 2.83. The van der Waals surface area contributed by atoms with Crippen LogP contribution >= 0.6 is 0 Å². The standard InChI is InChI=1S/C21H19FN4O2/c1-3-26-18-11-16(28-2)9-6-14(18)10-19(26)17-12-20(25-24-17)23-21(27)13-4-7-15(22)8-5-13/h4-12H,3H2,1-2H3,(H2,23,24,25,27). The highest BCUT2D eigenvalue weighted by atomic mass is 19.1. The van der Waals surface area contributed by atoms with E-state index in [0.29, 0.717) is 11.4 Å². The van der Waals surface area contributed by atoms with Crippen molar-refractivity contribution >= 4 is 22.6 Å². The van der Waals surface area contributed by atoms with Gasteiger partial charge in [-0.25, -0.2) is 4.39 Å². The molecule has 2 heterocycles. The smallest absolute Gasteiger partial charge is 0.256 e. The predicted octanol–water partition coefficient (Wildman–Crippen LogP) is 4.45. The van der Waals surface area contributed by atoms with E-state index in [-0.39, 0.29) is 11.7 Å². The van der Waals surface area contributed by atoms with Crippen LogP contribution < -0.4 is 10.1 Å². The van der Waals surface area contributed by atoms with Crippen LogP contribution in [0, 0.1) is 5.82 Å². The van der Waals surface area contributed by atoms with Crippen LogP contribution in [0.15, 0.2) is 54.6 Å². The number of amides is 1. The van der Waals surface area contributed by atoms with Gasteiger partial charge in [-0.1, -0.05) is 0 Å². The highest BCUT2D eigenvalue weighted by Crippen LogP contribution is 2.30. The lowest BCUT2D eigenvalue weighted by Gasteiger charge is -2.07. The Labute approximate surface area is 160 Å². The molecular weight excluding hydrogens is 359 g/mol.